The Morgan fingerprint density at radius 1 is 1.60 bits per heavy atom. The van der Waals surface area contributed by atoms with Gasteiger partial charge in [-0.1, -0.05) is 13.8 Å². The Bertz CT molecular complexity index is 285. The molecule has 0 radical (unpaired) electrons. The molecule has 0 spiro atoms. The van der Waals surface area contributed by atoms with Gasteiger partial charge < -0.3 is 10.4 Å². The zero-order valence-electron chi connectivity index (χ0n) is 9.77. The zero-order chi connectivity index (χ0) is 11.3. The molecule has 0 aromatic carbocycles. The van der Waals surface area contributed by atoms with Crippen LogP contribution < -0.4 is 5.32 Å². The molecule has 1 aromatic rings. The van der Waals surface area contributed by atoms with E-state index < -0.39 is 0 Å². The highest BCUT2D eigenvalue weighted by Crippen LogP contribution is 2.15. The van der Waals surface area contributed by atoms with Crippen LogP contribution in [-0.4, -0.2) is 28.0 Å². The summed E-state index contributed by atoms with van der Waals surface area (Å²) in [4.78, 5) is 0. The SMILES string of the molecule is CCC(NCC(C)CO)c1cnn(C)c1. The van der Waals surface area contributed by atoms with Crippen LogP contribution in [0.4, 0.5) is 0 Å². The maximum atomic E-state index is 8.94. The molecule has 2 unspecified atom stereocenters. The number of rotatable bonds is 6. The lowest BCUT2D eigenvalue weighted by molar-refractivity contribution is 0.229. The van der Waals surface area contributed by atoms with Gasteiger partial charge in [0.15, 0.2) is 0 Å². The van der Waals surface area contributed by atoms with Crippen molar-refractivity contribution in [3.05, 3.63) is 18.0 Å². The fourth-order valence-electron chi connectivity index (χ4n) is 1.53. The van der Waals surface area contributed by atoms with Crippen molar-refractivity contribution in [2.45, 2.75) is 26.3 Å². The Kier molecular flexibility index (Phi) is 4.78. The second kappa shape index (κ2) is 5.88. The number of nitrogens with one attached hydrogen (secondary N) is 1. The lowest BCUT2D eigenvalue weighted by atomic mass is 10.1. The molecule has 2 N–H and O–H groups in total. The number of aliphatic hydroxyl groups is 1. The first-order chi connectivity index (χ1) is 7.17. The van der Waals surface area contributed by atoms with Gasteiger partial charge in [0.05, 0.1) is 6.20 Å². The molecule has 4 heteroatoms. The van der Waals surface area contributed by atoms with Crippen molar-refractivity contribution in [3.8, 4) is 0 Å². The largest absolute Gasteiger partial charge is 0.396 e. The van der Waals surface area contributed by atoms with Crippen LogP contribution in [0.15, 0.2) is 12.4 Å². The van der Waals surface area contributed by atoms with Crippen LogP contribution in [-0.2, 0) is 7.05 Å². The predicted molar refractivity (Wildman–Crippen MR) is 60.5 cm³/mol. The number of aryl methyl sites for hydroxylation is 1. The summed E-state index contributed by atoms with van der Waals surface area (Å²) in [5.74, 6) is 0.302. The van der Waals surface area contributed by atoms with Crippen LogP contribution in [0.1, 0.15) is 31.9 Å². The standard InChI is InChI=1S/C11H21N3O/c1-4-11(12-5-9(2)8-15)10-6-13-14(3)7-10/h6-7,9,11-12,15H,4-5,8H2,1-3H3. The molecule has 0 fully saturated rings. The molecule has 1 aromatic heterocycles. The molecule has 0 bridgehead atoms. The minimum absolute atomic E-state index is 0.233. The highest BCUT2D eigenvalue weighted by atomic mass is 16.3. The molecule has 0 saturated carbocycles. The molecule has 0 aliphatic heterocycles. The van der Waals surface area contributed by atoms with E-state index in [9.17, 15) is 0 Å². The zero-order valence-corrected chi connectivity index (χ0v) is 9.77. The van der Waals surface area contributed by atoms with Crippen molar-refractivity contribution >= 4 is 0 Å². The maximum absolute atomic E-state index is 8.94. The van der Waals surface area contributed by atoms with Gasteiger partial charge in [0, 0.05) is 38.0 Å². The third-order valence-electron chi connectivity index (χ3n) is 2.56. The lowest BCUT2D eigenvalue weighted by Gasteiger charge is -2.17. The van der Waals surface area contributed by atoms with Gasteiger partial charge in [0.1, 0.15) is 0 Å². The average Bonchev–Trinajstić information content (AvgIpc) is 2.65. The van der Waals surface area contributed by atoms with E-state index in [4.69, 9.17) is 5.11 Å². The minimum Gasteiger partial charge on any atom is -0.396 e. The smallest absolute Gasteiger partial charge is 0.0537 e. The molecule has 0 aliphatic carbocycles. The molecule has 0 amide bonds. The molecular weight excluding hydrogens is 190 g/mol. The topological polar surface area (TPSA) is 50.1 Å². The minimum atomic E-state index is 0.233. The van der Waals surface area contributed by atoms with Crippen molar-refractivity contribution in [2.24, 2.45) is 13.0 Å². The van der Waals surface area contributed by atoms with Gasteiger partial charge in [-0.3, -0.25) is 4.68 Å². The molecule has 1 rings (SSSR count). The first-order valence-electron chi connectivity index (χ1n) is 5.50. The normalized spacial score (nSPS) is 15.2. The lowest BCUT2D eigenvalue weighted by Crippen LogP contribution is -2.27. The summed E-state index contributed by atoms with van der Waals surface area (Å²) in [6.45, 7) is 5.25. The number of aromatic nitrogens is 2. The van der Waals surface area contributed by atoms with Crippen molar-refractivity contribution in [1.29, 1.82) is 0 Å². The Labute approximate surface area is 91.3 Å². The first kappa shape index (κ1) is 12.2. The van der Waals surface area contributed by atoms with Crippen LogP contribution in [0.25, 0.3) is 0 Å². The summed E-state index contributed by atoms with van der Waals surface area (Å²) in [5, 5.41) is 16.5. The predicted octanol–water partition coefficient (Wildman–Crippen LogP) is 1.09. The molecule has 86 valence electrons. The van der Waals surface area contributed by atoms with E-state index in [1.807, 2.05) is 31.0 Å². The van der Waals surface area contributed by atoms with Crippen molar-refractivity contribution in [1.82, 2.24) is 15.1 Å². The first-order valence-corrected chi connectivity index (χ1v) is 5.50. The Morgan fingerprint density at radius 3 is 2.80 bits per heavy atom. The third kappa shape index (κ3) is 3.64. The van der Waals surface area contributed by atoms with Gasteiger partial charge in [-0.25, -0.2) is 0 Å². The summed E-state index contributed by atoms with van der Waals surface area (Å²) in [6, 6.07) is 0.340. The Hall–Kier alpha value is -0.870. The van der Waals surface area contributed by atoms with E-state index in [-0.39, 0.29) is 6.61 Å². The summed E-state index contributed by atoms with van der Waals surface area (Å²) in [7, 11) is 1.92. The van der Waals surface area contributed by atoms with Gasteiger partial charge in [0.25, 0.3) is 0 Å². The van der Waals surface area contributed by atoms with Crippen molar-refractivity contribution in [2.75, 3.05) is 13.2 Å². The van der Waals surface area contributed by atoms with Gasteiger partial charge >= 0.3 is 0 Å². The van der Waals surface area contributed by atoms with Gasteiger partial charge in [0.2, 0.25) is 0 Å². The quantitative estimate of drug-likeness (QED) is 0.740. The van der Waals surface area contributed by atoms with Gasteiger partial charge in [-0.05, 0) is 12.3 Å². The van der Waals surface area contributed by atoms with Crippen LogP contribution in [0.5, 0.6) is 0 Å². The van der Waals surface area contributed by atoms with E-state index in [1.54, 1.807) is 0 Å². The third-order valence-corrected chi connectivity index (χ3v) is 2.56. The Balaban J connectivity index is 2.49. The van der Waals surface area contributed by atoms with E-state index in [0.29, 0.717) is 12.0 Å². The number of nitrogens with zero attached hydrogens (tertiary/aromatic N) is 2. The monoisotopic (exact) mass is 211 g/mol. The number of hydrogen-bond acceptors (Lipinski definition) is 3. The molecule has 1 heterocycles. The summed E-state index contributed by atoms with van der Waals surface area (Å²) in [5.41, 5.74) is 1.21. The second-order valence-corrected chi connectivity index (χ2v) is 4.10. The van der Waals surface area contributed by atoms with E-state index >= 15 is 0 Å². The number of hydrogen-bond donors (Lipinski definition) is 2. The summed E-state index contributed by atoms with van der Waals surface area (Å²) in [6.07, 6.45) is 4.96. The van der Waals surface area contributed by atoms with E-state index in [1.165, 1.54) is 5.56 Å². The molecule has 4 nitrogen and oxygen atoms in total. The molecule has 0 aliphatic rings. The summed E-state index contributed by atoms with van der Waals surface area (Å²) >= 11 is 0. The number of aliphatic hydroxyl groups excluding tert-OH is 1. The highest BCUT2D eigenvalue weighted by molar-refractivity contribution is 5.09. The van der Waals surface area contributed by atoms with E-state index in [2.05, 4.69) is 17.3 Å². The fourth-order valence-corrected chi connectivity index (χ4v) is 1.53. The van der Waals surface area contributed by atoms with Crippen molar-refractivity contribution < 1.29 is 5.11 Å². The molecule has 0 saturated heterocycles. The van der Waals surface area contributed by atoms with E-state index in [0.717, 1.165) is 13.0 Å². The van der Waals surface area contributed by atoms with Crippen LogP contribution in [0.2, 0.25) is 0 Å². The fraction of sp³-hybridized carbons (Fsp3) is 0.727. The second-order valence-electron chi connectivity index (χ2n) is 4.10. The molecule has 2 atom stereocenters. The molecular formula is C11H21N3O. The Morgan fingerprint density at radius 2 is 2.33 bits per heavy atom. The summed E-state index contributed by atoms with van der Waals surface area (Å²) < 4.78 is 1.81. The van der Waals surface area contributed by atoms with Crippen LogP contribution >= 0.6 is 0 Å². The average molecular weight is 211 g/mol. The van der Waals surface area contributed by atoms with Crippen molar-refractivity contribution in [3.63, 3.8) is 0 Å². The maximum Gasteiger partial charge on any atom is 0.0537 e. The van der Waals surface area contributed by atoms with Crippen LogP contribution in [0.3, 0.4) is 0 Å². The van der Waals surface area contributed by atoms with Gasteiger partial charge in [-0.2, -0.15) is 5.10 Å². The molecule has 15 heavy (non-hydrogen) atoms. The highest BCUT2D eigenvalue weighted by Gasteiger charge is 2.11. The van der Waals surface area contributed by atoms with Crippen LogP contribution in [0, 0.1) is 5.92 Å². The van der Waals surface area contributed by atoms with Gasteiger partial charge in [-0.15, -0.1) is 0 Å².